The summed E-state index contributed by atoms with van der Waals surface area (Å²) in [6, 6.07) is 11.5. The monoisotopic (exact) mass is 465 g/mol. The zero-order valence-corrected chi connectivity index (χ0v) is 19.8. The highest BCUT2D eigenvalue weighted by Gasteiger charge is 2.25. The van der Waals surface area contributed by atoms with Crippen molar-refractivity contribution in [2.45, 2.75) is 26.8 Å². The normalized spacial score (nSPS) is 13.9. The number of amides is 1. The van der Waals surface area contributed by atoms with Crippen LogP contribution in [0.15, 0.2) is 42.6 Å². The summed E-state index contributed by atoms with van der Waals surface area (Å²) in [5.41, 5.74) is 2.38. The first-order valence-corrected chi connectivity index (χ1v) is 11.6. The molecule has 1 saturated heterocycles. The Morgan fingerprint density at radius 2 is 1.94 bits per heavy atom. The van der Waals surface area contributed by atoms with Crippen molar-refractivity contribution in [2.75, 3.05) is 49.6 Å². The van der Waals surface area contributed by atoms with E-state index in [1.807, 2.05) is 35.2 Å². The van der Waals surface area contributed by atoms with Gasteiger partial charge in [-0.3, -0.25) is 4.79 Å². The van der Waals surface area contributed by atoms with Gasteiger partial charge in [0.2, 0.25) is 0 Å². The van der Waals surface area contributed by atoms with E-state index in [2.05, 4.69) is 34.0 Å². The predicted molar refractivity (Wildman–Crippen MR) is 132 cm³/mol. The molecule has 0 radical (unpaired) electrons. The van der Waals surface area contributed by atoms with Gasteiger partial charge in [0.15, 0.2) is 12.4 Å². The van der Waals surface area contributed by atoms with E-state index in [1.165, 1.54) is 0 Å². The number of aromatic nitrogens is 2. The average Bonchev–Trinajstić information content (AvgIpc) is 3.26. The smallest absolute Gasteiger partial charge is 0.344 e. The van der Waals surface area contributed by atoms with E-state index in [0.717, 1.165) is 22.4 Å². The van der Waals surface area contributed by atoms with Crippen LogP contribution in [0.25, 0.3) is 10.9 Å². The Morgan fingerprint density at radius 1 is 1.15 bits per heavy atom. The molecule has 9 nitrogen and oxygen atoms in total. The van der Waals surface area contributed by atoms with Gasteiger partial charge >= 0.3 is 5.97 Å². The van der Waals surface area contributed by atoms with Gasteiger partial charge in [0.25, 0.3) is 5.91 Å². The summed E-state index contributed by atoms with van der Waals surface area (Å²) in [7, 11) is 0. The molecule has 3 aromatic rings. The first kappa shape index (κ1) is 23.4. The lowest BCUT2D eigenvalue weighted by atomic mass is 10.2. The summed E-state index contributed by atoms with van der Waals surface area (Å²) >= 11 is 0. The number of esters is 1. The van der Waals surface area contributed by atoms with Gasteiger partial charge in [-0.15, -0.1) is 0 Å². The van der Waals surface area contributed by atoms with Crippen LogP contribution in [0, 0.1) is 0 Å². The molecular formula is C25H31N5O4. The topological polar surface area (TPSA) is 99.8 Å². The Balaban J connectivity index is 1.39. The maximum Gasteiger partial charge on any atom is 0.344 e. The first-order valence-electron chi connectivity index (χ1n) is 11.6. The lowest BCUT2D eigenvalue weighted by Gasteiger charge is -2.36. The molecular weight excluding hydrogens is 434 g/mol. The highest BCUT2D eigenvalue weighted by atomic mass is 16.6. The van der Waals surface area contributed by atoms with Crippen LogP contribution in [0.1, 0.15) is 31.3 Å². The van der Waals surface area contributed by atoms with Gasteiger partial charge in [-0.25, -0.2) is 9.78 Å². The molecule has 0 unspecified atom stereocenters. The van der Waals surface area contributed by atoms with Gasteiger partial charge in [-0.2, -0.15) is 0 Å². The third-order valence-electron chi connectivity index (χ3n) is 5.58. The van der Waals surface area contributed by atoms with Crippen LogP contribution in [0.4, 0.5) is 11.5 Å². The average molecular weight is 466 g/mol. The number of benzene rings is 1. The Hall–Kier alpha value is -3.75. The second kappa shape index (κ2) is 10.5. The molecule has 0 bridgehead atoms. The Labute approximate surface area is 199 Å². The summed E-state index contributed by atoms with van der Waals surface area (Å²) < 4.78 is 10.4. The number of rotatable bonds is 8. The number of hydrogen-bond acceptors (Lipinski definition) is 7. The molecule has 34 heavy (non-hydrogen) atoms. The minimum absolute atomic E-state index is 0.0357. The van der Waals surface area contributed by atoms with Crippen molar-refractivity contribution in [3.8, 4) is 5.75 Å². The summed E-state index contributed by atoms with van der Waals surface area (Å²) in [5, 5.41) is 4.29. The van der Waals surface area contributed by atoms with E-state index < -0.39 is 5.97 Å². The Bertz CT molecular complexity index is 1150. The zero-order chi connectivity index (χ0) is 24.1. The van der Waals surface area contributed by atoms with E-state index in [1.54, 1.807) is 19.2 Å². The fraction of sp³-hybridized carbons (Fsp3) is 0.400. The molecule has 0 atom stereocenters. The number of pyridine rings is 1. The van der Waals surface area contributed by atoms with E-state index in [4.69, 9.17) is 9.47 Å². The number of H-pyrrole nitrogens is 1. The van der Waals surface area contributed by atoms with Crippen LogP contribution in [0.5, 0.6) is 5.75 Å². The summed E-state index contributed by atoms with van der Waals surface area (Å²) in [6.07, 6.45) is 1.80. The second-order valence-corrected chi connectivity index (χ2v) is 8.48. The molecule has 1 fully saturated rings. The van der Waals surface area contributed by atoms with Crippen molar-refractivity contribution in [3.63, 3.8) is 0 Å². The molecule has 0 spiro atoms. The van der Waals surface area contributed by atoms with Crippen LogP contribution < -0.4 is 15.0 Å². The van der Waals surface area contributed by atoms with E-state index >= 15 is 0 Å². The number of hydrogen-bond donors (Lipinski definition) is 2. The highest BCUT2D eigenvalue weighted by Crippen LogP contribution is 2.26. The van der Waals surface area contributed by atoms with Crippen LogP contribution in [-0.2, 0) is 9.53 Å². The predicted octanol–water partition coefficient (Wildman–Crippen LogP) is 3.29. The number of carbonyl (C=O) groups excluding carboxylic acids is 2. The van der Waals surface area contributed by atoms with E-state index in [0.29, 0.717) is 50.3 Å². The van der Waals surface area contributed by atoms with Crippen molar-refractivity contribution < 1.29 is 19.1 Å². The lowest BCUT2D eigenvalue weighted by Crippen LogP contribution is -2.49. The van der Waals surface area contributed by atoms with Gasteiger partial charge in [0.1, 0.15) is 11.4 Å². The number of ether oxygens (including phenoxy) is 2. The SMILES string of the molecule is CCOC(=O)COc1ccc2[nH]c(C(=O)N3CCN(c4ncccc4NC(C)C)CC3)cc2c1. The number of anilines is 2. The fourth-order valence-corrected chi connectivity index (χ4v) is 4.02. The molecule has 9 heteroatoms. The molecule has 0 saturated carbocycles. The molecule has 0 aliphatic carbocycles. The van der Waals surface area contributed by atoms with Crippen molar-refractivity contribution in [3.05, 3.63) is 48.3 Å². The minimum atomic E-state index is -0.413. The number of nitrogens with zero attached hydrogens (tertiary/aromatic N) is 3. The van der Waals surface area contributed by atoms with E-state index in [9.17, 15) is 9.59 Å². The molecule has 1 aliphatic rings. The maximum absolute atomic E-state index is 13.2. The fourth-order valence-electron chi connectivity index (χ4n) is 4.02. The van der Waals surface area contributed by atoms with Crippen LogP contribution in [-0.4, -0.2) is 72.2 Å². The molecule has 1 aliphatic heterocycles. The van der Waals surface area contributed by atoms with Crippen molar-refractivity contribution in [2.24, 2.45) is 0 Å². The Kier molecular flexibility index (Phi) is 7.20. The first-order chi connectivity index (χ1) is 16.4. The molecule has 3 heterocycles. The summed E-state index contributed by atoms with van der Waals surface area (Å²) in [5.74, 6) is 1.02. The molecule has 1 aromatic carbocycles. The highest BCUT2D eigenvalue weighted by molar-refractivity contribution is 5.98. The van der Waals surface area contributed by atoms with Crippen LogP contribution >= 0.6 is 0 Å². The third-order valence-corrected chi connectivity index (χ3v) is 5.58. The van der Waals surface area contributed by atoms with Crippen molar-refractivity contribution in [1.82, 2.24) is 14.9 Å². The number of aromatic amines is 1. The van der Waals surface area contributed by atoms with Gasteiger partial charge in [-0.05, 0) is 57.2 Å². The Morgan fingerprint density at radius 3 is 2.68 bits per heavy atom. The lowest BCUT2D eigenvalue weighted by molar-refractivity contribution is -0.145. The quantitative estimate of drug-likeness (QED) is 0.493. The van der Waals surface area contributed by atoms with Gasteiger partial charge in [0, 0.05) is 49.3 Å². The minimum Gasteiger partial charge on any atom is -0.482 e. The largest absolute Gasteiger partial charge is 0.482 e. The molecule has 1 amide bonds. The maximum atomic E-state index is 13.2. The van der Waals surface area contributed by atoms with Crippen molar-refractivity contribution in [1.29, 1.82) is 0 Å². The number of carbonyl (C=O) groups is 2. The number of piperazine rings is 1. The van der Waals surface area contributed by atoms with Crippen molar-refractivity contribution >= 4 is 34.3 Å². The molecule has 2 aromatic heterocycles. The second-order valence-electron chi connectivity index (χ2n) is 8.48. The summed E-state index contributed by atoms with van der Waals surface area (Å²) in [6.45, 7) is 8.76. The van der Waals surface area contributed by atoms with E-state index in [-0.39, 0.29) is 12.5 Å². The third kappa shape index (κ3) is 5.41. The van der Waals surface area contributed by atoms with Gasteiger partial charge < -0.3 is 29.6 Å². The molecule has 2 N–H and O–H groups in total. The molecule has 180 valence electrons. The zero-order valence-electron chi connectivity index (χ0n) is 19.8. The van der Waals surface area contributed by atoms with Crippen LogP contribution in [0.3, 0.4) is 0 Å². The number of fused-ring (bicyclic) bond motifs is 1. The van der Waals surface area contributed by atoms with Gasteiger partial charge in [-0.1, -0.05) is 0 Å². The van der Waals surface area contributed by atoms with Crippen LogP contribution in [0.2, 0.25) is 0 Å². The number of nitrogens with one attached hydrogen (secondary N) is 2. The van der Waals surface area contributed by atoms with Gasteiger partial charge in [0.05, 0.1) is 12.3 Å². The standard InChI is InChI=1S/C25H31N5O4/c1-4-33-23(31)16-34-19-7-8-20-18(14-19)15-22(28-20)25(32)30-12-10-29(11-13-30)24-21(27-17(2)3)6-5-9-26-24/h5-9,14-15,17,27-28H,4,10-13,16H2,1-3H3. The summed E-state index contributed by atoms with van der Waals surface area (Å²) in [4.78, 5) is 36.5. The molecule has 4 rings (SSSR count).